The molecule has 64 valence electrons. The second-order valence-corrected chi connectivity index (χ2v) is 8.88. The number of fused-ring (bicyclic) bond motifs is 1. The quantitative estimate of drug-likeness (QED) is 0.544. The first-order chi connectivity index (χ1) is 5.61. The molecule has 1 nitrogen and oxygen atoms in total. The van der Waals surface area contributed by atoms with E-state index >= 15 is 0 Å². The Hall–Kier alpha value is -0.763. The van der Waals surface area contributed by atoms with E-state index in [4.69, 9.17) is 0 Å². The molecule has 0 saturated carbocycles. The number of hydrogen-bond donors (Lipinski definition) is 0. The summed E-state index contributed by atoms with van der Waals surface area (Å²) in [6, 6.07) is 8.82. The highest BCUT2D eigenvalue weighted by Gasteiger charge is 2.34. The average molecular weight is 177 g/mol. The molecular weight excluding hydrogens is 162 g/mol. The van der Waals surface area contributed by atoms with E-state index in [1.54, 1.807) is 5.19 Å². The van der Waals surface area contributed by atoms with Gasteiger partial charge in [0, 0.05) is 18.9 Å². The lowest BCUT2D eigenvalue weighted by atomic mass is 10.3. The predicted molar refractivity (Wildman–Crippen MR) is 56.8 cm³/mol. The highest BCUT2D eigenvalue weighted by Crippen LogP contribution is 2.23. The maximum atomic E-state index is 2.44. The van der Waals surface area contributed by atoms with Gasteiger partial charge in [-0.3, -0.25) is 0 Å². The number of nitrogens with zero attached hydrogens (tertiary/aromatic N) is 1. The zero-order valence-corrected chi connectivity index (χ0v) is 8.96. The molecule has 0 unspecified atom stereocenters. The summed E-state index contributed by atoms with van der Waals surface area (Å²) in [5, 5.41) is 1.62. The molecule has 0 fully saturated rings. The van der Waals surface area contributed by atoms with E-state index in [2.05, 4.69) is 49.3 Å². The highest BCUT2D eigenvalue weighted by atomic mass is 28.3. The van der Waals surface area contributed by atoms with Crippen molar-refractivity contribution in [3.05, 3.63) is 24.3 Å². The summed E-state index contributed by atoms with van der Waals surface area (Å²) in [6.45, 7) is 4.88. The first kappa shape index (κ1) is 7.86. The summed E-state index contributed by atoms with van der Waals surface area (Å²) in [5.41, 5.74) is 1.45. The van der Waals surface area contributed by atoms with Crippen LogP contribution in [0.5, 0.6) is 0 Å². The van der Waals surface area contributed by atoms with Crippen molar-refractivity contribution in [1.29, 1.82) is 0 Å². The molecule has 1 heterocycles. The topological polar surface area (TPSA) is 3.24 Å². The van der Waals surface area contributed by atoms with Crippen molar-refractivity contribution in [2.75, 3.05) is 18.1 Å². The standard InChI is InChI=1S/C10H15NSi/c1-11-8-12(2,3)10-7-5-4-6-9(10)11/h4-7H,8H2,1-3H3. The van der Waals surface area contributed by atoms with Gasteiger partial charge in [0.15, 0.2) is 0 Å². The summed E-state index contributed by atoms with van der Waals surface area (Å²) in [7, 11) is 1.10. The Morgan fingerprint density at radius 1 is 1.25 bits per heavy atom. The Morgan fingerprint density at radius 3 is 2.58 bits per heavy atom. The van der Waals surface area contributed by atoms with Crippen LogP contribution in [0.3, 0.4) is 0 Å². The molecule has 2 heteroatoms. The maximum absolute atomic E-state index is 2.44. The third-order valence-corrected chi connectivity index (χ3v) is 5.82. The van der Waals surface area contributed by atoms with Crippen LogP contribution >= 0.6 is 0 Å². The molecule has 0 bridgehead atoms. The minimum absolute atomic E-state index is 1.10. The van der Waals surface area contributed by atoms with Gasteiger partial charge in [-0.15, -0.1) is 0 Å². The van der Waals surface area contributed by atoms with Crippen molar-refractivity contribution in [2.24, 2.45) is 0 Å². The largest absolute Gasteiger partial charge is 0.377 e. The van der Waals surface area contributed by atoms with Gasteiger partial charge in [-0.2, -0.15) is 0 Å². The van der Waals surface area contributed by atoms with Gasteiger partial charge in [-0.1, -0.05) is 31.3 Å². The Bertz CT molecular complexity index is 306. The van der Waals surface area contributed by atoms with E-state index < -0.39 is 8.07 Å². The molecule has 1 aliphatic heterocycles. The molecule has 0 aliphatic carbocycles. The van der Waals surface area contributed by atoms with Crippen LogP contribution in [0.15, 0.2) is 24.3 Å². The first-order valence-corrected chi connectivity index (χ1v) is 7.63. The van der Waals surface area contributed by atoms with Gasteiger partial charge >= 0.3 is 0 Å². The van der Waals surface area contributed by atoms with Gasteiger partial charge in [0.2, 0.25) is 0 Å². The minimum Gasteiger partial charge on any atom is -0.377 e. The van der Waals surface area contributed by atoms with Crippen molar-refractivity contribution in [1.82, 2.24) is 0 Å². The number of benzene rings is 1. The van der Waals surface area contributed by atoms with Gasteiger partial charge in [-0.25, -0.2) is 0 Å². The fourth-order valence-corrected chi connectivity index (χ4v) is 5.18. The van der Waals surface area contributed by atoms with Crippen LogP contribution in [0.2, 0.25) is 13.1 Å². The van der Waals surface area contributed by atoms with E-state index in [9.17, 15) is 0 Å². The van der Waals surface area contributed by atoms with Crippen LogP contribution < -0.4 is 10.1 Å². The Kier molecular flexibility index (Phi) is 1.55. The molecule has 0 saturated heterocycles. The van der Waals surface area contributed by atoms with E-state index in [1.807, 2.05) is 0 Å². The van der Waals surface area contributed by atoms with Gasteiger partial charge in [0.1, 0.15) is 8.07 Å². The summed E-state index contributed by atoms with van der Waals surface area (Å²) >= 11 is 0. The third kappa shape index (κ3) is 0.984. The monoisotopic (exact) mass is 177 g/mol. The molecule has 0 spiro atoms. The summed E-state index contributed by atoms with van der Waals surface area (Å²) in [4.78, 5) is 2.39. The molecule has 0 aromatic heterocycles. The molecule has 12 heavy (non-hydrogen) atoms. The zero-order chi connectivity index (χ0) is 8.77. The second-order valence-electron chi connectivity index (χ2n) is 4.26. The SMILES string of the molecule is CN1C[Si](C)(C)c2ccccc21. The predicted octanol–water partition coefficient (Wildman–Crippen LogP) is 1.59. The fourth-order valence-electron chi connectivity index (χ4n) is 2.14. The summed E-state index contributed by atoms with van der Waals surface area (Å²) in [5.74, 6) is 0. The molecule has 0 N–H and O–H groups in total. The molecule has 0 amide bonds. The fraction of sp³-hybridized carbons (Fsp3) is 0.400. The van der Waals surface area contributed by atoms with Crippen LogP contribution in [0.4, 0.5) is 5.69 Å². The van der Waals surface area contributed by atoms with Crippen molar-refractivity contribution < 1.29 is 0 Å². The van der Waals surface area contributed by atoms with Crippen LogP contribution in [0, 0.1) is 0 Å². The van der Waals surface area contributed by atoms with E-state index in [-0.39, 0.29) is 0 Å². The van der Waals surface area contributed by atoms with E-state index in [1.165, 1.54) is 11.9 Å². The van der Waals surface area contributed by atoms with Gasteiger partial charge in [-0.05, 0) is 11.3 Å². The Morgan fingerprint density at radius 2 is 1.92 bits per heavy atom. The van der Waals surface area contributed by atoms with Crippen LogP contribution in [-0.4, -0.2) is 21.3 Å². The molecular formula is C10H15NSi. The number of rotatable bonds is 0. The van der Waals surface area contributed by atoms with Crippen molar-refractivity contribution in [2.45, 2.75) is 13.1 Å². The zero-order valence-electron chi connectivity index (χ0n) is 7.96. The highest BCUT2D eigenvalue weighted by molar-refractivity contribution is 6.92. The summed E-state index contributed by atoms with van der Waals surface area (Å²) in [6.07, 6.45) is 1.27. The molecule has 1 aromatic carbocycles. The van der Waals surface area contributed by atoms with Gasteiger partial charge < -0.3 is 4.90 Å². The molecule has 1 aliphatic rings. The molecule has 0 atom stereocenters. The summed E-state index contributed by atoms with van der Waals surface area (Å²) < 4.78 is 0. The normalized spacial score (nSPS) is 19.4. The van der Waals surface area contributed by atoms with Crippen molar-refractivity contribution in [3.63, 3.8) is 0 Å². The average Bonchev–Trinajstić information content (AvgIpc) is 2.25. The second kappa shape index (κ2) is 2.36. The Labute approximate surface area is 75.0 Å². The lowest BCUT2D eigenvalue weighted by Crippen LogP contribution is -2.42. The molecule has 0 radical (unpaired) electrons. The lowest BCUT2D eigenvalue weighted by Gasteiger charge is -2.15. The lowest BCUT2D eigenvalue weighted by molar-refractivity contribution is 1.10. The number of hydrogen-bond acceptors (Lipinski definition) is 1. The van der Waals surface area contributed by atoms with Crippen LogP contribution in [0.25, 0.3) is 0 Å². The maximum Gasteiger partial charge on any atom is 0.104 e. The van der Waals surface area contributed by atoms with Crippen molar-refractivity contribution in [3.8, 4) is 0 Å². The Balaban J connectivity index is 2.58. The minimum atomic E-state index is -1.10. The van der Waals surface area contributed by atoms with Crippen LogP contribution in [0.1, 0.15) is 0 Å². The van der Waals surface area contributed by atoms with Gasteiger partial charge in [0.05, 0.1) is 0 Å². The van der Waals surface area contributed by atoms with Crippen LogP contribution in [-0.2, 0) is 0 Å². The van der Waals surface area contributed by atoms with Crippen molar-refractivity contribution >= 4 is 18.9 Å². The number of anilines is 1. The number of para-hydroxylation sites is 1. The smallest absolute Gasteiger partial charge is 0.104 e. The molecule has 2 rings (SSSR count). The van der Waals surface area contributed by atoms with Gasteiger partial charge in [0.25, 0.3) is 0 Å². The first-order valence-electron chi connectivity index (χ1n) is 4.42. The third-order valence-electron chi connectivity index (χ3n) is 2.68. The van der Waals surface area contributed by atoms with E-state index in [0.717, 1.165) is 0 Å². The van der Waals surface area contributed by atoms with E-state index in [0.29, 0.717) is 0 Å². The molecule has 1 aromatic rings.